The molecule has 1 fully saturated rings. The predicted octanol–water partition coefficient (Wildman–Crippen LogP) is 4.73. The molecule has 4 nitrogen and oxygen atoms in total. The first-order valence-electron chi connectivity index (χ1n) is 8.90. The number of rotatable bonds is 5. The van der Waals surface area contributed by atoms with Gasteiger partial charge in [0.2, 0.25) is 5.91 Å². The number of piperidine rings is 1. The van der Waals surface area contributed by atoms with Gasteiger partial charge in [-0.3, -0.25) is 9.59 Å². The van der Waals surface area contributed by atoms with Crippen molar-refractivity contribution >= 4 is 44.6 Å². The number of fused-ring (bicyclic) bond motifs is 1. The number of carbonyl (C=O) groups excluding carboxylic acids is 2. The molecular weight excluding hydrogens is 364 g/mol. The molecular formula is C20H20N2O2S2. The molecule has 3 aromatic rings. The van der Waals surface area contributed by atoms with Crippen LogP contribution < -0.4 is 0 Å². The quantitative estimate of drug-likeness (QED) is 0.598. The summed E-state index contributed by atoms with van der Waals surface area (Å²) >= 11 is 3.17. The van der Waals surface area contributed by atoms with Gasteiger partial charge < -0.3 is 4.90 Å². The molecule has 6 heteroatoms. The van der Waals surface area contributed by atoms with Crippen LogP contribution in [0.2, 0.25) is 0 Å². The van der Waals surface area contributed by atoms with Gasteiger partial charge in [-0.25, -0.2) is 4.98 Å². The molecule has 0 aliphatic carbocycles. The molecule has 1 aromatic carbocycles. The van der Waals surface area contributed by atoms with Crippen LogP contribution in [0.5, 0.6) is 0 Å². The number of likely N-dealkylation sites (tertiary alicyclic amines) is 1. The van der Waals surface area contributed by atoms with Crippen molar-refractivity contribution in [2.75, 3.05) is 13.1 Å². The van der Waals surface area contributed by atoms with E-state index >= 15 is 0 Å². The number of amides is 1. The lowest BCUT2D eigenvalue weighted by Gasteiger charge is -2.31. The van der Waals surface area contributed by atoms with Crippen molar-refractivity contribution < 1.29 is 9.59 Å². The first-order valence-corrected chi connectivity index (χ1v) is 10.6. The maximum Gasteiger partial charge on any atom is 0.223 e. The van der Waals surface area contributed by atoms with Crippen LogP contribution in [0.25, 0.3) is 10.2 Å². The van der Waals surface area contributed by atoms with Crippen molar-refractivity contribution in [2.24, 2.45) is 0 Å². The second-order valence-electron chi connectivity index (χ2n) is 6.60. The van der Waals surface area contributed by atoms with E-state index in [1.165, 1.54) is 16.0 Å². The van der Waals surface area contributed by atoms with Crippen LogP contribution in [-0.4, -0.2) is 34.7 Å². The zero-order valence-corrected chi connectivity index (χ0v) is 16.0. The third-order valence-electron chi connectivity index (χ3n) is 4.80. The highest BCUT2D eigenvalue weighted by Crippen LogP contribution is 2.33. The zero-order valence-electron chi connectivity index (χ0n) is 14.4. The Kier molecular flexibility index (Phi) is 5.13. The topological polar surface area (TPSA) is 50.3 Å². The molecule has 0 N–H and O–H groups in total. The van der Waals surface area contributed by atoms with E-state index in [1.807, 2.05) is 40.6 Å². The number of carbonyl (C=O) groups is 2. The predicted molar refractivity (Wildman–Crippen MR) is 106 cm³/mol. The van der Waals surface area contributed by atoms with Gasteiger partial charge >= 0.3 is 0 Å². The average molecular weight is 385 g/mol. The molecule has 0 unspecified atom stereocenters. The summed E-state index contributed by atoms with van der Waals surface area (Å²) in [6.45, 7) is 1.50. The summed E-state index contributed by atoms with van der Waals surface area (Å²) in [6.07, 6.45) is 2.65. The van der Waals surface area contributed by atoms with E-state index in [4.69, 9.17) is 4.98 Å². The van der Waals surface area contributed by atoms with Crippen LogP contribution in [0.15, 0.2) is 41.8 Å². The minimum atomic E-state index is 0.0630. The van der Waals surface area contributed by atoms with E-state index in [-0.39, 0.29) is 11.7 Å². The molecule has 1 aliphatic rings. The molecule has 1 atom stereocenters. The van der Waals surface area contributed by atoms with E-state index in [1.54, 1.807) is 11.3 Å². The van der Waals surface area contributed by atoms with Gasteiger partial charge in [0.15, 0.2) is 5.78 Å². The zero-order chi connectivity index (χ0) is 17.9. The lowest BCUT2D eigenvalue weighted by atomic mass is 9.98. The molecule has 3 heterocycles. The van der Waals surface area contributed by atoms with Gasteiger partial charge in [-0.15, -0.1) is 22.7 Å². The molecule has 26 heavy (non-hydrogen) atoms. The molecule has 0 radical (unpaired) electrons. The fourth-order valence-corrected chi connectivity index (χ4v) is 5.20. The Morgan fingerprint density at radius 1 is 1.15 bits per heavy atom. The summed E-state index contributed by atoms with van der Waals surface area (Å²) in [5, 5.41) is 3.01. The molecule has 1 saturated heterocycles. The lowest BCUT2D eigenvalue weighted by Crippen LogP contribution is -2.39. The van der Waals surface area contributed by atoms with Crippen LogP contribution in [0.1, 0.15) is 46.3 Å². The number of Topliss-reactive ketones (excluding diaryl/α,β-unsaturated/α-hetero) is 1. The first kappa shape index (κ1) is 17.4. The average Bonchev–Trinajstić information content (AvgIpc) is 3.35. The lowest BCUT2D eigenvalue weighted by molar-refractivity contribution is -0.132. The first-order chi connectivity index (χ1) is 12.7. The summed E-state index contributed by atoms with van der Waals surface area (Å²) < 4.78 is 1.20. The highest BCUT2D eigenvalue weighted by atomic mass is 32.1. The smallest absolute Gasteiger partial charge is 0.223 e. The highest BCUT2D eigenvalue weighted by molar-refractivity contribution is 7.18. The van der Waals surface area contributed by atoms with Crippen LogP contribution in [-0.2, 0) is 4.79 Å². The maximum atomic E-state index is 12.6. The Morgan fingerprint density at radius 2 is 2.04 bits per heavy atom. The maximum absolute atomic E-state index is 12.6. The van der Waals surface area contributed by atoms with Crippen molar-refractivity contribution in [2.45, 2.75) is 31.6 Å². The molecule has 2 aromatic heterocycles. The minimum absolute atomic E-state index is 0.0630. The SMILES string of the molecule is O=C(CCC(=O)N1CCC[C@H](c2nc3ccccc3s2)C1)c1cccs1. The summed E-state index contributed by atoms with van der Waals surface area (Å²) in [7, 11) is 0. The van der Waals surface area contributed by atoms with Crippen molar-refractivity contribution in [3.05, 3.63) is 51.7 Å². The highest BCUT2D eigenvalue weighted by Gasteiger charge is 2.27. The summed E-state index contributed by atoms with van der Waals surface area (Å²) in [5.41, 5.74) is 1.04. The normalized spacial score (nSPS) is 17.5. The van der Waals surface area contributed by atoms with E-state index in [9.17, 15) is 9.59 Å². The second kappa shape index (κ2) is 7.68. The van der Waals surface area contributed by atoms with Gasteiger partial charge in [-0.05, 0) is 36.4 Å². The third-order valence-corrected chi connectivity index (χ3v) is 6.91. The Morgan fingerprint density at radius 3 is 2.85 bits per heavy atom. The molecule has 0 saturated carbocycles. The van der Waals surface area contributed by atoms with Crippen LogP contribution in [0.3, 0.4) is 0 Å². The fourth-order valence-electron chi connectivity index (χ4n) is 3.41. The Bertz CT molecular complexity index is 884. The van der Waals surface area contributed by atoms with E-state index < -0.39 is 0 Å². The molecule has 1 aliphatic heterocycles. The van der Waals surface area contributed by atoms with Gasteiger partial charge in [0.25, 0.3) is 0 Å². The van der Waals surface area contributed by atoms with E-state index in [0.29, 0.717) is 25.3 Å². The Balaban J connectivity index is 1.38. The number of ketones is 1. The van der Waals surface area contributed by atoms with Gasteiger partial charge in [0.1, 0.15) is 0 Å². The number of para-hydroxylation sites is 1. The molecule has 134 valence electrons. The number of hydrogen-bond donors (Lipinski definition) is 0. The van der Waals surface area contributed by atoms with Crippen molar-refractivity contribution in [1.29, 1.82) is 0 Å². The van der Waals surface area contributed by atoms with Crippen molar-refractivity contribution in [3.8, 4) is 0 Å². The van der Waals surface area contributed by atoms with Gasteiger partial charge in [-0.1, -0.05) is 18.2 Å². The summed E-state index contributed by atoms with van der Waals surface area (Å²) in [4.78, 5) is 32.1. The van der Waals surface area contributed by atoms with Gasteiger partial charge in [-0.2, -0.15) is 0 Å². The summed E-state index contributed by atoms with van der Waals surface area (Å²) in [5.74, 6) is 0.451. The van der Waals surface area contributed by atoms with Crippen LogP contribution in [0.4, 0.5) is 0 Å². The number of aromatic nitrogens is 1. The number of benzene rings is 1. The van der Waals surface area contributed by atoms with Crippen LogP contribution in [0, 0.1) is 0 Å². The summed E-state index contributed by atoms with van der Waals surface area (Å²) in [6, 6.07) is 11.9. The van der Waals surface area contributed by atoms with Crippen LogP contribution >= 0.6 is 22.7 Å². The molecule has 0 spiro atoms. The Hall–Kier alpha value is -2.05. The van der Waals surface area contributed by atoms with Crippen molar-refractivity contribution in [1.82, 2.24) is 9.88 Å². The second-order valence-corrected chi connectivity index (χ2v) is 8.61. The number of nitrogens with zero attached hydrogens (tertiary/aromatic N) is 2. The monoisotopic (exact) mass is 384 g/mol. The fraction of sp³-hybridized carbons (Fsp3) is 0.350. The van der Waals surface area contributed by atoms with Crippen molar-refractivity contribution in [3.63, 3.8) is 0 Å². The number of thiazole rings is 1. The number of hydrogen-bond acceptors (Lipinski definition) is 5. The van der Waals surface area contributed by atoms with Gasteiger partial charge in [0.05, 0.1) is 20.1 Å². The van der Waals surface area contributed by atoms with Gasteiger partial charge in [0, 0.05) is 31.8 Å². The van der Waals surface area contributed by atoms with E-state index in [0.717, 1.165) is 34.8 Å². The number of thiophene rings is 1. The molecule has 1 amide bonds. The minimum Gasteiger partial charge on any atom is -0.342 e. The molecule has 4 rings (SSSR count). The molecule has 0 bridgehead atoms. The van der Waals surface area contributed by atoms with E-state index in [2.05, 4.69) is 6.07 Å². The third kappa shape index (κ3) is 3.71. The largest absolute Gasteiger partial charge is 0.342 e. The standard InChI is InChI=1S/C20H20N2O2S2/c23-16(18-8-4-12-25-18)9-10-19(24)22-11-3-5-14(13-22)20-21-15-6-1-2-7-17(15)26-20/h1-2,4,6-8,12,14H,3,5,9-11,13H2/t14-/m0/s1. The Labute approximate surface area is 160 Å².